The Morgan fingerprint density at radius 2 is 1.87 bits per heavy atom. The van der Waals surface area contributed by atoms with Crippen molar-refractivity contribution in [1.82, 2.24) is 10.5 Å². The number of nitrogens with zero attached hydrogens (tertiary/aromatic N) is 1. The van der Waals surface area contributed by atoms with E-state index in [1.54, 1.807) is 6.92 Å². The third-order valence-electron chi connectivity index (χ3n) is 3.45. The van der Waals surface area contributed by atoms with Crippen molar-refractivity contribution in [3.8, 4) is 5.75 Å². The Hall–Kier alpha value is -2.30. The quantitative estimate of drug-likeness (QED) is 0.885. The number of benzene rings is 1. The third kappa shape index (κ3) is 4.58. The second kappa shape index (κ2) is 7.31. The van der Waals surface area contributed by atoms with Crippen molar-refractivity contribution in [3.63, 3.8) is 0 Å². The predicted molar refractivity (Wildman–Crippen MR) is 88.7 cm³/mol. The van der Waals surface area contributed by atoms with E-state index >= 15 is 0 Å². The van der Waals surface area contributed by atoms with Crippen LogP contribution in [0.5, 0.6) is 5.75 Å². The van der Waals surface area contributed by atoms with Gasteiger partial charge in [-0.1, -0.05) is 25.1 Å². The Bertz CT molecular complexity index is 669. The fourth-order valence-corrected chi connectivity index (χ4v) is 2.29. The van der Waals surface area contributed by atoms with Gasteiger partial charge in [0.2, 0.25) is 0 Å². The summed E-state index contributed by atoms with van der Waals surface area (Å²) < 4.78 is 11.0. The van der Waals surface area contributed by atoms with Crippen LogP contribution in [0, 0.1) is 26.7 Å². The maximum atomic E-state index is 12.2. The van der Waals surface area contributed by atoms with Gasteiger partial charge in [-0.15, -0.1) is 0 Å². The number of ether oxygens (including phenoxy) is 1. The monoisotopic (exact) mass is 316 g/mol. The number of aryl methyl sites for hydroxylation is 3. The van der Waals surface area contributed by atoms with E-state index in [-0.39, 0.29) is 12.5 Å². The van der Waals surface area contributed by atoms with E-state index in [1.165, 1.54) is 0 Å². The Morgan fingerprint density at radius 1 is 1.22 bits per heavy atom. The summed E-state index contributed by atoms with van der Waals surface area (Å²) in [6.07, 6.45) is 0. The summed E-state index contributed by atoms with van der Waals surface area (Å²) >= 11 is 0. The van der Waals surface area contributed by atoms with Gasteiger partial charge in [-0.3, -0.25) is 4.79 Å². The van der Waals surface area contributed by atoms with E-state index < -0.39 is 0 Å². The Labute approximate surface area is 137 Å². The molecule has 0 fully saturated rings. The molecule has 5 heteroatoms. The van der Waals surface area contributed by atoms with Crippen LogP contribution >= 0.6 is 0 Å². The molecule has 0 saturated carbocycles. The predicted octanol–water partition coefficient (Wildman–Crippen LogP) is 3.56. The van der Waals surface area contributed by atoms with Crippen LogP contribution in [0.25, 0.3) is 0 Å². The summed E-state index contributed by atoms with van der Waals surface area (Å²) in [5, 5.41) is 6.73. The Morgan fingerprint density at radius 3 is 2.48 bits per heavy atom. The number of rotatable bonds is 6. The van der Waals surface area contributed by atoms with E-state index in [0.717, 1.165) is 16.9 Å². The molecule has 1 aromatic heterocycles. The Kier molecular flexibility index (Phi) is 5.42. The first-order valence-electron chi connectivity index (χ1n) is 7.81. The molecular weight excluding hydrogens is 292 g/mol. The molecule has 5 nitrogen and oxygen atoms in total. The number of amides is 1. The zero-order valence-electron chi connectivity index (χ0n) is 14.4. The number of carbonyl (C=O) groups is 1. The van der Waals surface area contributed by atoms with E-state index in [2.05, 4.69) is 16.5 Å². The topological polar surface area (TPSA) is 64.4 Å². The van der Waals surface area contributed by atoms with Gasteiger partial charge in [0, 0.05) is 6.54 Å². The number of aromatic nitrogens is 1. The highest BCUT2D eigenvalue weighted by Gasteiger charge is 2.20. The molecule has 0 bridgehead atoms. The first kappa shape index (κ1) is 17.1. The first-order chi connectivity index (χ1) is 10.9. The molecule has 1 aromatic carbocycles. The zero-order chi connectivity index (χ0) is 17.0. The highest BCUT2D eigenvalue weighted by Crippen LogP contribution is 2.20. The molecule has 0 aliphatic carbocycles. The number of hydrogen-bond acceptors (Lipinski definition) is 4. The van der Waals surface area contributed by atoms with Crippen LogP contribution < -0.4 is 10.1 Å². The summed E-state index contributed by atoms with van der Waals surface area (Å²) in [7, 11) is 0. The molecule has 1 amide bonds. The minimum atomic E-state index is -0.227. The minimum Gasteiger partial charge on any atom is -0.489 e. The van der Waals surface area contributed by atoms with Gasteiger partial charge in [0.1, 0.15) is 18.1 Å². The van der Waals surface area contributed by atoms with Crippen LogP contribution in [0.2, 0.25) is 0 Å². The summed E-state index contributed by atoms with van der Waals surface area (Å²) in [5.41, 5.74) is 3.26. The van der Waals surface area contributed by atoms with Crippen LogP contribution in [0.4, 0.5) is 0 Å². The van der Waals surface area contributed by atoms with Crippen molar-refractivity contribution in [2.45, 2.75) is 41.2 Å². The summed E-state index contributed by atoms with van der Waals surface area (Å²) in [6, 6.07) is 6.02. The van der Waals surface area contributed by atoms with Gasteiger partial charge in [-0.25, -0.2) is 0 Å². The lowest BCUT2D eigenvalue weighted by molar-refractivity contribution is 0.0937. The molecule has 23 heavy (non-hydrogen) atoms. The Balaban J connectivity index is 2.10. The maximum absolute atomic E-state index is 12.2. The molecule has 1 N–H and O–H groups in total. The van der Waals surface area contributed by atoms with Crippen LogP contribution in [0.15, 0.2) is 22.7 Å². The lowest BCUT2D eigenvalue weighted by Crippen LogP contribution is -2.28. The van der Waals surface area contributed by atoms with E-state index in [4.69, 9.17) is 9.26 Å². The largest absolute Gasteiger partial charge is 0.489 e. The van der Waals surface area contributed by atoms with Gasteiger partial charge in [0.05, 0.1) is 5.56 Å². The molecule has 124 valence electrons. The van der Waals surface area contributed by atoms with Crippen LogP contribution in [0.1, 0.15) is 46.8 Å². The van der Waals surface area contributed by atoms with Crippen LogP contribution in [0.3, 0.4) is 0 Å². The van der Waals surface area contributed by atoms with Gasteiger partial charge in [-0.05, 0) is 49.9 Å². The molecular formula is C18H24N2O3. The van der Waals surface area contributed by atoms with Crippen molar-refractivity contribution in [2.24, 2.45) is 5.92 Å². The van der Waals surface area contributed by atoms with Crippen LogP contribution in [-0.2, 0) is 6.61 Å². The van der Waals surface area contributed by atoms with Gasteiger partial charge < -0.3 is 14.6 Å². The smallest absolute Gasteiger partial charge is 0.273 e. The standard InChI is InChI=1S/C18H24N2O3/c1-11(2)9-19-18(21)17-16(14(5)23-20-17)10-22-15-7-12(3)6-13(4)8-15/h6-8,11H,9-10H2,1-5H3,(H,19,21). The van der Waals surface area contributed by atoms with E-state index in [9.17, 15) is 4.79 Å². The number of nitrogens with one attached hydrogen (secondary N) is 1. The second-order valence-electron chi connectivity index (χ2n) is 6.28. The molecule has 0 saturated heterocycles. The number of carbonyl (C=O) groups excluding carboxylic acids is 1. The normalized spacial score (nSPS) is 10.9. The molecule has 0 atom stereocenters. The molecule has 1 heterocycles. The zero-order valence-corrected chi connectivity index (χ0v) is 14.4. The highest BCUT2D eigenvalue weighted by atomic mass is 16.5. The first-order valence-corrected chi connectivity index (χ1v) is 7.81. The van der Waals surface area contributed by atoms with Crippen molar-refractivity contribution in [2.75, 3.05) is 6.54 Å². The van der Waals surface area contributed by atoms with Crippen molar-refractivity contribution >= 4 is 5.91 Å². The summed E-state index contributed by atoms with van der Waals surface area (Å²) in [6.45, 7) is 10.8. The molecule has 0 spiro atoms. The molecule has 0 radical (unpaired) electrons. The van der Waals surface area contributed by atoms with Crippen molar-refractivity contribution < 1.29 is 14.1 Å². The maximum Gasteiger partial charge on any atom is 0.273 e. The number of hydrogen-bond donors (Lipinski definition) is 1. The third-order valence-corrected chi connectivity index (χ3v) is 3.45. The molecule has 0 aliphatic rings. The minimum absolute atomic E-state index is 0.227. The van der Waals surface area contributed by atoms with Crippen LogP contribution in [-0.4, -0.2) is 17.6 Å². The average Bonchev–Trinajstić information content (AvgIpc) is 2.82. The fraction of sp³-hybridized carbons (Fsp3) is 0.444. The van der Waals surface area contributed by atoms with Crippen molar-refractivity contribution in [3.05, 3.63) is 46.3 Å². The van der Waals surface area contributed by atoms with Gasteiger partial charge in [-0.2, -0.15) is 0 Å². The fourth-order valence-electron chi connectivity index (χ4n) is 2.29. The summed E-state index contributed by atoms with van der Waals surface area (Å²) in [5.74, 6) is 1.53. The van der Waals surface area contributed by atoms with Gasteiger partial charge in [0.15, 0.2) is 5.69 Å². The highest BCUT2D eigenvalue weighted by molar-refractivity contribution is 5.93. The molecule has 2 rings (SSSR count). The van der Waals surface area contributed by atoms with E-state index in [1.807, 2.05) is 39.8 Å². The molecule has 0 aliphatic heterocycles. The van der Waals surface area contributed by atoms with Crippen molar-refractivity contribution in [1.29, 1.82) is 0 Å². The van der Waals surface area contributed by atoms with E-state index in [0.29, 0.717) is 29.5 Å². The second-order valence-corrected chi connectivity index (χ2v) is 6.28. The lowest BCUT2D eigenvalue weighted by Gasteiger charge is -2.09. The van der Waals surface area contributed by atoms with Gasteiger partial charge >= 0.3 is 0 Å². The summed E-state index contributed by atoms with van der Waals surface area (Å²) in [4.78, 5) is 12.2. The SMILES string of the molecule is Cc1cc(C)cc(OCc2c(C(=O)NCC(C)C)noc2C)c1. The lowest BCUT2D eigenvalue weighted by atomic mass is 10.1. The molecule has 2 aromatic rings. The van der Waals surface area contributed by atoms with Gasteiger partial charge in [0.25, 0.3) is 5.91 Å². The molecule has 0 unspecified atom stereocenters. The average molecular weight is 316 g/mol.